The molecule has 0 bridgehead atoms. The fourth-order valence-electron chi connectivity index (χ4n) is 1.99. The summed E-state index contributed by atoms with van der Waals surface area (Å²) in [5, 5.41) is 2.89. The molecule has 1 fully saturated rings. The number of benzene rings is 1. The fourth-order valence-corrected chi connectivity index (χ4v) is 3.81. The van der Waals surface area contributed by atoms with E-state index < -0.39 is 9.05 Å². The fraction of sp³-hybridized carbons (Fsp3) is 0.462. The lowest BCUT2D eigenvalue weighted by Gasteiger charge is -2.10. The van der Waals surface area contributed by atoms with E-state index >= 15 is 0 Å². The van der Waals surface area contributed by atoms with Gasteiger partial charge in [0.1, 0.15) is 0 Å². The molecule has 1 unspecified atom stereocenters. The molecule has 1 saturated carbocycles. The lowest BCUT2D eigenvalue weighted by Crippen LogP contribution is -2.28. The number of carbonyl (C=O) groups is 1. The molecule has 0 aromatic heterocycles. The molecule has 4 nitrogen and oxygen atoms in total. The van der Waals surface area contributed by atoms with Crippen molar-refractivity contribution in [3.8, 4) is 0 Å². The first-order valence-electron chi connectivity index (χ1n) is 6.08. The molecule has 1 aliphatic rings. The van der Waals surface area contributed by atoms with Crippen molar-refractivity contribution >= 4 is 41.6 Å². The third-order valence-electron chi connectivity index (χ3n) is 3.64. The van der Waals surface area contributed by atoms with Crippen LogP contribution in [0.3, 0.4) is 0 Å². The molecule has 110 valence electrons. The summed E-state index contributed by atoms with van der Waals surface area (Å²) in [4.78, 5) is 12.1. The van der Waals surface area contributed by atoms with E-state index in [-0.39, 0.29) is 27.8 Å². The molecule has 0 saturated heterocycles. The molecule has 1 atom stereocenters. The molecule has 0 heterocycles. The summed E-state index contributed by atoms with van der Waals surface area (Å²) in [6.07, 6.45) is 0.923. The molecule has 0 radical (unpaired) electrons. The minimum absolute atomic E-state index is 0.0475. The van der Waals surface area contributed by atoms with Crippen LogP contribution in [-0.2, 0) is 9.05 Å². The van der Waals surface area contributed by atoms with Gasteiger partial charge in [0, 0.05) is 26.8 Å². The molecule has 0 spiro atoms. The molecule has 1 amide bonds. The van der Waals surface area contributed by atoms with E-state index in [1.54, 1.807) is 13.0 Å². The second kappa shape index (κ2) is 5.00. The van der Waals surface area contributed by atoms with E-state index in [0.717, 1.165) is 6.42 Å². The number of hydrogen-bond acceptors (Lipinski definition) is 3. The van der Waals surface area contributed by atoms with Gasteiger partial charge in [0.2, 0.25) is 0 Å². The Bertz CT molecular complexity index is 685. The van der Waals surface area contributed by atoms with E-state index in [1.807, 2.05) is 0 Å². The summed E-state index contributed by atoms with van der Waals surface area (Å²) < 4.78 is 23.6. The lowest BCUT2D eigenvalue weighted by molar-refractivity contribution is 0.0946. The number of nitrogens with one attached hydrogen (secondary N) is 1. The quantitative estimate of drug-likeness (QED) is 0.819. The average molecular weight is 381 g/mol. The molecule has 2 rings (SSSR count). The van der Waals surface area contributed by atoms with Gasteiger partial charge in [-0.05, 0) is 36.5 Å². The lowest BCUT2D eigenvalue weighted by atomic mass is 10.1. The topological polar surface area (TPSA) is 63.2 Å². The predicted octanol–water partition coefficient (Wildman–Crippen LogP) is 3.21. The van der Waals surface area contributed by atoms with E-state index in [9.17, 15) is 13.2 Å². The van der Waals surface area contributed by atoms with Crippen molar-refractivity contribution in [2.24, 2.45) is 5.41 Å². The van der Waals surface area contributed by atoms with E-state index in [1.165, 1.54) is 6.07 Å². The summed E-state index contributed by atoms with van der Waals surface area (Å²) >= 11 is 3.26. The van der Waals surface area contributed by atoms with Crippen LogP contribution in [0.15, 0.2) is 21.5 Å². The molecule has 1 aliphatic carbocycles. The maximum absolute atomic E-state index is 12.2. The Labute approximate surface area is 131 Å². The van der Waals surface area contributed by atoms with Crippen LogP contribution in [0.2, 0.25) is 0 Å². The summed E-state index contributed by atoms with van der Waals surface area (Å²) in [5.41, 5.74) is 0.881. The number of amides is 1. The van der Waals surface area contributed by atoms with Crippen molar-refractivity contribution in [2.75, 3.05) is 0 Å². The minimum Gasteiger partial charge on any atom is -0.349 e. The van der Waals surface area contributed by atoms with Gasteiger partial charge in [0.05, 0.1) is 4.90 Å². The van der Waals surface area contributed by atoms with Crippen molar-refractivity contribution in [1.29, 1.82) is 0 Å². The van der Waals surface area contributed by atoms with Crippen LogP contribution < -0.4 is 5.32 Å². The smallest absolute Gasteiger partial charge is 0.261 e. The highest BCUT2D eigenvalue weighted by Crippen LogP contribution is 2.44. The van der Waals surface area contributed by atoms with E-state index in [0.29, 0.717) is 10.0 Å². The maximum Gasteiger partial charge on any atom is 0.261 e. The number of carbonyl (C=O) groups excluding carboxylic acids is 1. The van der Waals surface area contributed by atoms with Gasteiger partial charge in [-0.25, -0.2) is 8.42 Å². The Morgan fingerprint density at radius 3 is 2.45 bits per heavy atom. The van der Waals surface area contributed by atoms with Crippen LogP contribution in [0.4, 0.5) is 0 Å². The Hall–Kier alpha value is -0.590. The molecule has 20 heavy (non-hydrogen) atoms. The van der Waals surface area contributed by atoms with Crippen LogP contribution in [0, 0.1) is 12.3 Å². The van der Waals surface area contributed by atoms with Gasteiger partial charge in [-0.1, -0.05) is 29.8 Å². The summed E-state index contributed by atoms with van der Waals surface area (Å²) in [5.74, 6) is -0.289. The average Bonchev–Trinajstić information content (AvgIpc) is 2.87. The van der Waals surface area contributed by atoms with Gasteiger partial charge in [0.15, 0.2) is 0 Å². The minimum atomic E-state index is -3.89. The first-order chi connectivity index (χ1) is 9.02. The summed E-state index contributed by atoms with van der Waals surface area (Å²) in [6, 6.07) is 3.05. The number of hydrogen-bond donors (Lipinski definition) is 1. The summed E-state index contributed by atoms with van der Waals surface area (Å²) in [6.45, 7) is 5.76. The van der Waals surface area contributed by atoms with Crippen molar-refractivity contribution in [3.63, 3.8) is 0 Å². The highest BCUT2D eigenvalue weighted by Gasteiger charge is 2.46. The predicted molar refractivity (Wildman–Crippen MR) is 81.6 cm³/mol. The highest BCUT2D eigenvalue weighted by atomic mass is 79.9. The molecular weight excluding hydrogens is 366 g/mol. The molecule has 7 heteroatoms. The maximum atomic E-state index is 12.2. The Morgan fingerprint density at radius 1 is 1.45 bits per heavy atom. The molecular formula is C13H15BrClNO3S. The molecule has 0 aliphatic heterocycles. The van der Waals surface area contributed by atoms with Crippen LogP contribution in [0.25, 0.3) is 0 Å². The van der Waals surface area contributed by atoms with Gasteiger partial charge in [-0.15, -0.1) is 0 Å². The van der Waals surface area contributed by atoms with Gasteiger partial charge in [-0.2, -0.15) is 0 Å². The van der Waals surface area contributed by atoms with Crippen molar-refractivity contribution in [1.82, 2.24) is 5.32 Å². The van der Waals surface area contributed by atoms with E-state index in [4.69, 9.17) is 10.7 Å². The van der Waals surface area contributed by atoms with E-state index in [2.05, 4.69) is 35.1 Å². The third kappa shape index (κ3) is 3.18. The SMILES string of the molecule is Cc1c(Br)cc(C(=O)NC2CC2(C)C)cc1S(=O)(=O)Cl. The highest BCUT2D eigenvalue weighted by molar-refractivity contribution is 9.10. The largest absolute Gasteiger partial charge is 0.349 e. The first kappa shape index (κ1) is 15.8. The Kier molecular flexibility index (Phi) is 3.95. The molecule has 1 aromatic carbocycles. The van der Waals surface area contributed by atoms with Crippen LogP contribution in [0.5, 0.6) is 0 Å². The van der Waals surface area contributed by atoms with Crippen molar-refractivity contribution in [2.45, 2.75) is 38.1 Å². The monoisotopic (exact) mass is 379 g/mol. The van der Waals surface area contributed by atoms with Gasteiger partial charge in [0.25, 0.3) is 15.0 Å². The number of rotatable bonds is 3. The van der Waals surface area contributed by atoms with Crippen LogP contribution >= 0.6 is 26.6 Å². The second-order valence-corrected chi connectivity index (χ2v) is 9.13. The Balaban J connectivity index is 2.34. The standard InChI is InChI=1S/C13H15BrClNO3S/c1-7-9(14)4-8(5-10(7)20(15,18)19)12(17)16-11-6-13(11,2)3/h4-5,11H,6H2,1-3H3,(H,16,17). The summed E-state index contributed by atoms with van der Waals surface area (Å²) in [7, 11) is 1.51. The zero-order chi connectivity index (χ0) is 15.3. The van der Waals surface area contributed by atoms with Gasteiger partial charge in [-0.3, -0.25) is 4.79 Å². The normalized spacial score (nSPS) is 20.6. The zero-order valence-electron chi connectivity index (χ0n) is 11.3. The van der Waals surface area contributed by atoms with Crippen molar-refractivity contribution in [3.05, 3.63) is 27.7 Å². The van der Waals surface area contributed by atoms with Gasteiger partial charge < -0.3 is 5.32 Å². The van der Waals surface area contributed by atoms with Crippen LogP contribution in [-0.4, -0.2) is 20.4 Å². The third-order valence-corrected chi connectivity index (χ3v) is 5.91. The number of halogens is 2. The van der Waals surface area contributed by atoms with Gasteiger partial charge >= 0.3 is 0 Å². The molecule has 1 aromatic rings. The Morgan fingerprint density at radius 2 is 2.00 bits per heavy atom. The van der Waals surface area contributed by atoms with Crippen molar-refractivity contribution < 1.29 is 13.2 Å². The first-order valence-corrected chi connectivity index (χ1v) is 9.18. The second-order valence-electron chi connectivity index (χ2n) is 5.74. The zero-order valence-corrected chi connectivity index (χ0v) is 14.5. The van der Waals surface area contributed by atoms with Crippen LogP contribution in [0.1, 0.15) is 36.2 Å². The molecule has 1 N–H and O–H groups in total.